The van der Waals surface area contributed by atoms with Crippen molar-refractivity contribution in [1.29, 1.82) is 0 Å². The molecule has 2 N–H and O–H groups in total. The zero-order chi connectivity index (χ0) is 15.3. The lowest BCUT2D eigenvalue weighted by atomic mass is 10.1. The molecule has 0 heterocycles. The van der Waals surface area contributed by atoms with Gasteiger partial charge in [-0.3, -0.25) is 4.79 Å². The molecule has 0 spiro atoms. The van der Waals surface area contributed by atoms with Gasteiger partial charge in [0, 0.05) is 23.6 Å². The minimum absolute atomic E-state index is 0.0972. The Hall–Kier alpha value is -1.46. The van der Waals surface area contributed by atoms with Crippen LogP contribution in [-0.4, -0.2) is 35.6 Å². The SMILES string of the molecule is C[C@H](NC(=O)N(C)CCC(=O)O)c1ccc(Cl)cc1Cl. The van der Waals surface area contributed by atoms with Crippen molar-refractivity contribution in [3.8, 4) is 0 Å². The molecule has 0 aromatic heterocycles. The Morgan fingerprint density at radius 1 is 1.40 bits per heavy atom. The number of nitrogens with one attached hydrogen (secondary N) is 1. The Morgan fingerprint density at radius 2 is 2.05 bits per heavy atom. The molecule has 1 aromatic rings. The van der Waals surface area contributed by atoms with E-state index in [9.17, 15) is 9.59 Å². The third-order valence-corrected chi connectivity index (χ3v) is 3.34. The number of hydrogen-bond donors (Lipinski definition) is 2. The topological polar surface area (TPSA) is 69.6 Å². The number of carboxylic acid groups (broad SMARTS) is 1. The van der Waals surface area contributed by atoms with E-state index in [1.165, 1.54) is 11.9 Å². The Balaban J connectivity index is 2.63. The van der Waals surface area contributed by atoms with E-state index in [4.69, 9.17) is 28.3 Å². The molecule has 0 fully saturated rings. The number of carbonyl (C=O) groups is 2. The predicted octanol–water partition coefficient (Wildman–Crippen LogP) is 3.17. The van der Waals surface area contributed by atoms with Gasteiger partial charge in [-0.2, -0.15) is 0 Å². The summed E-state index contributed by atoms with van der Waals surface area (Å²) in [5.41, 5.74) is 0.746. The minimum atomic E-state index is -0.946. The molecular formula is C13H16Cl2N2O3. The molecule has 0 aliphatic heterocycles. The van der Waals surface area contributed by atoms with Crippen molar-refractivity contribution in [1.82, 2.24) is 10.2 Å². The van der Waals surface area contributed by atoms with E-state index in [1.807, 2.05) is 0 Å². The van der Waals surface area contributed by atoms with Crippen molar-refractivity contribution in [3.63, 3.8) is 0 Å². The van der Waals surface area contributed by atoms with Crippen LogP contribution < -0.4 is 5.32 Å². The average Bonchev–Trinajstić information content (AvgIpc) is 2.35. The number of rotatable bonds is 5. The summed E-state index contributed by atoms with van der Waals surface area (Å²) in [6.07, 6.45) is -0.0972. The summed E-state index contributed by atoms with van der Waals surface area (Å²) in [6.45, 7) is 1.93. The summed E-state index contributed by atoms with van der Waals surface area (Å²) in [6, 6.07) is 4.38. The standard InChI is InChI=1S/C13H16Cl2N2O3/c1-8(10-4-3-9(14)7-11(10)15)16-13(20)17(2)6-5-12(18)19/h3-4,7-8H,5-6H2,1-2H3,(H,16,20)(H,18,19)/t8-/m0/s1. The number of benzene rings is 1. The molecule has 5 nitrogen and oxygen atoms in total. The normalized spacial score (nSPS) is 11.8. The molecule has 2 amide bonds. The van der Waals surface area contributed by atoms with Crippen molar-refractivity contribution in [2.45, 2.75) is 19.4 Å². The second kappa shape index (κ2) is 7.36. The van der Waals surface area contributed by atoms with Gasteiger partial charge >= 0.3 is 12.0 Å². The molecule has 0 radical (unpaired) electrons. The van der Waals surface area contributed by atoms with Crippen molar-refractivity contribution < 1.29 is 14.7 Å². The molecule has 0 unspecified atom stereocenters. The van der Waals surface area contributed by atoms with Crippen LogP contribution in [0.2, 0.25) is 10.0 Å². The van der Waals surface area contributed by atoms with Crippen molar-refractivity contribution in [2.75, 3.05) is 13.6 Å². The van der Waals surface area contributed by atoms with Crippen LogP contribution in [-0.2, 0) is 4.79 Å². The Kier molecular flexibility index (Phi) is 6.10. The number of carboxylic acids is 1. The van der Waals surface area contributed by atoms with Gasteiger partial charge in [0.25, 0.3) is 0 Å². The number of halogens is 2. The fourth-order valence-corrected chi connectivity index (χ4v) is 2.16. The highest BCUT2D eigenvalue weighted by molar-refractivity contribution is 6.35. The summed E-state index contributed by atoms with van der Waals surface area (Å²) in [4.78, 5) is 23.6. The summed E-state index contributed by atoms with van der Waals surface area (Å²) in [7, 11) is 1.54. The molecule has 0 aliphatic rings. The third kappa shape index (κ3) is 4.90. The Morgan fingerprint density at radius 3 is 2.60 bits per heavy atom. The predicted molar refractivity (Wildman–Crippen MR) is 78.3 cm³/mol. The molecule has 1 aromatic carbocycles. The van der Waals surface area contributed by atoms with Crippen molar-refractivity contribution in [3.05, 3.63) is 33.8 Å². The van der Waals surface area contributed by atoms with E-state index in [0.29, 0.717) is 10.0 Å². The lowest BCUT2D eigenvalue weighted by Crippen LogP contribution is -2.39. The molecule has 110 valence electrons. The fourth-order valence-electron chi connectivity index (χ4n) is 1.59. The maximum Gasteiger partial charge on any atom is 0.317 e. The number of carbonyl (C=O) groups excluding carboxylic acids is 1. The van der Waals surface area contributed by atoms with Gasteiger partial charge in [-0.1, -0.05) is 29.3 Å². The number of nitrogens with zero attached hydrogens (tertiary/aromatic N) is 1. The fraction of sp³-hybridized carbons (Fsp3) is 0.385. The average molecular weight is 319 g/mol. The van der Waals surface area contributed by atoms with Crippen LogP contribution in [0, 0.1) is 0 Å². The molecule has 0 saturated heterocycles. The van der Waals surface area contributed by atoms with Gasteiger partial charge < -0.3 is 15.3 Å². The van der Waals surface area contributed by atoms with E-state index >= 15 is 0 Å². The van der Waals surface area contributed by atoms with E-state index < -0.39 is 5.97 Å². The summed E-state index contributed by atoms with van der Waals surface area (Å²) in [5, 5.41) is 12.3. The van der Waals surface area contributed by atoms with Gasteiger partial charge in [-0.25, -0.2) is 4.79 Å². The van der Waals surface area contributed by atoms with Crippen molar-refractivity contribution in [2.24, 2.45) is 0 Å². The smallest absolute Gasteiger partial charge is 0.317 e. The van der Waals surface area contributed by atoms with Crippen LogP contribution in [0.4, 0.5) is 4.79 Å². The summed E-state index contributed by atoms with van der Waals surface area (Å²) < 4.78 is 0. The summed E-state index contributed by atoms with van der Waals surface area (Å²) in [5.74, 6) is -0.946. The lowest BCUT2D eigenvalue weighted by molar-refractivity contribution is -0.137. The first kappa shape index (κ1) is 16.6. The van der Waals surface area contributed by atoms with Gasteiger partial charge in [0.2, 0.25) is 0 Å². The van der Waals surface area contributed by atoms with E-state index in [1.54, 1.807) is 25.1 Å². The molecule has 0 aliphatic carbocycles. The highest BCUT2D eigenvalue weighted by Gasteiger charge is 2.16. The maximum atomic E-state index is 11.9. The van der Waals surface area contributed by atoms with Crippen molar-refractivity contribution >= 4 is 35.2 Å². The molecule has 1 atom stereocenters. The van der Waals surface area contributed by atoms with Gasteiger partial charge in [0.1, 0.15) is 0 Å². The van der Waals surface area contributed by atoms with Crippen LogP contribution in [0.3, 0.4) is 0 Å². The Bertz CT molecular complexity index is 508. The molecule has 7 heteroatoms. The molecule has 0 bridgehead atoms. The van der Waals surface area contributed by atoms with Gasteiger partial charge in [0.15, 0.2) is 0 Å². The van der Waals surface area contributed by atoms with E-state index in [0.717, 1.165) is 5.56 Å². The second-order valence-electron chi connectivity index (χ2n) is 4.40. The van der Waals surface area contributed by atoms with Crippen LogP contribution >= 0.6 is 23.2 Å². The molecule has 0 saturated carbocycles. The van der Waals surface area contributed by atoms with Crippen LogP contribution in [0.25, 0.3) is 0 Å². The van der Waals surface area contributed by atoms with Gasteiger partial charge in [0.05, 0.1) is 12.5 Å². The third-order valence-electron chi connectivity index (χ3n) is 2.78. The number of urea groups is 1. The zero-order valence-electron chi connectivity index (χ0n) is 11.2. The molecule has 1 rings (SSSR count). The first-order valence-electron chi connectivity index (χ1n) is 5.99. The van der Waals surface area contributed by atoms with Crippen LogP contribution in [0.5, 0.6) is 0 Å². The first-order valence-corrected chi connectivity index (χ1v) is 6.75. The zero-order valence-corrected chi connectivity index (χ0v) is 12.7. The van der Waals surface area contributed by atoms with Gasteiger partial charge in [-0.15, -0.1) is 0 Å². The Labute approximate surface area is 127 Å². The van der Waals surface area contributed by atoms with Gasteiger partial charge in [-0.05, 0) is 24.6 Å². The lowest BCUT2D eigenvalue weighted by Gasteiger charge is -2.21. The number of amides is 2. The first-order chi connectivity index (χ1) is 9.31. The monoisotopic (exact) mass is 318 g/mol. The second-order valence-corrected chi connectivity index (χ2v) is 5.25. The van der Waals surface area contributed by atoms with Crippen LogP contribution in [0.1, 0.15) is 24.9 Å². The maximum absolute atomic E-state index is 11.9. The molecule has 20 heavy (non-hydrogen) atoms. The minimum Gasteiger partial charge on any atom is -0.481 e. The highest BCUT2D eigenvalue weighted by atomic mass is 35.5. The highest BCUT2D eigenvalue weighted by Crippen LogP contribution is 2.26. The van der Waals surface area contributed by atoms with Crippen LogP contribution in [0.15, 0.2) is 18.2 Å². The summed E-state index contributed by atoms with van der Waals surface area (Å²) >= 11 is 11.9. The van der Waals surface area contributed by atoms with E-state index in [-0.39, 0.29) is 25.0 Å². The molecular weight excluding hydrogens is 303 g/mol. The largest absolute Gasteiger partial charge is 0.481 e. The number of hydrogen-bond acceptors (Lipinski definition) is 2. The quantitative estimate of drug-likeness (QED) is 0.876. The number of aliphatic carboxylic acids is 1. The van der Waals surface area contributed by atoms with E-state index in [2.05, 4.69) is 5.32 Å².